The molecule has 8 nitrogen and oxygen atoms in total. The van der Waals surface area contributed by atoms with Crippen LogP contribution in [0.25, 0.3) is 0 Å². The van der Waals surface area contributed by atoms with Crippen molar-refractivity contribution in [2.75, 3.05) is 19.8 Å². The Kier molecular flexibility index (Phi) is 5.26. The molecular formula is C15H23BrN4O4. The molecule has 0 aliphatic carbocycles. The minimum atomic E-state index is -1.36. The third kappa shape index (κ3) is 3.11. The summed E-state index contributed by atoms with van der Waals surface area (Å²) in [6.07, 6.45) is 3.22. The molecule has 1 aromatic rings. The normalized spacial score (nSPS) is 27.0. The van der Waals surface area contributed by atoms with E-state index in [0.717, 1.165) is 30.3 Å². The molecule has 2 saturated heterocycles. The third-order valence-corrected chi connectivity index (χ3v) is 5.66. The summed E-state index contributed by atoms with van der Waals surface area (Å²) in [4.78, 5) is 19.4. The van der Waals surface area contributed by atoms with Crippen molar-refractivity contribution in [2.24, 2.45) is 5.92 Å². The van der Waals surface area contributed by atoms with Gasteiger partial charge < -0.3 is 20.0 Å². The Morgan fingerprint density at radius 2 is 2.25 bits per heavy atom. The Balaban J connectivity index is 1.89. The molecule has 3 rings (SSSR count). The van der Waals surface area contributed by atoms with Crippen LogP contribution in [0.3, 0.4) is 0 Å². The van der Waals surface area contributed by atoms with Crippen LogP contribution in [-0.4, -0.2) is 56.7 Å². The van der Waals surface area contributed by atoms with E-state index in [0.29, 0.717) is 25.6 Å². The van der Waals surface area contributed by atoms with Crippen molar-refractivity contribution in [3.05, 3.63) is 21.8 Å². The molecule has 24 heavy (non-hydrogen) atoms. The predicted octanol–water partition coefficient (Wildman–Crippen LogP) is 3.03. The predicted molar refractivity (Wildman–Crippen MR) is 89.6 cm³/mol. The van der Waals surface area contributed by atoms with Crippen LogP contribution in [0.4, 0.5) is 4.79 Å². The summed E-state index contributed by atoms with van der Waals surface area (Å²) in [6.45, 7) is 3.38. The monoisotopic (exact) mass is 402 g/mol. The van der Waals surface area contributed by atoms with E-state index >= 15 is 0 Å². The Labute approximate surface area is 149 Å². The van der Waals surface area contributed by atoms with E-state index < -0.39 is 16.9 Å². The number of imidazole rings is 1. The second kappa shape index (κ2) is 7.09. The molecule has 2 aliphatic rings. The van der Waals surface area contributed by atoms with Crippen molar-refractivity contribution >= 4 is 22.0 Å². The van der Waals surface area contributed by atoms with E-state index in [4.69, 9.17) is 4.74 Å². The molecule has 0 spiro atoms. The summed E-state index contributed by atoms with van der Waals surface area (Å²) in [7, 11) is 0. The first-order valence-electron chi connectivity index (χ1n) is 8.33. The number of ether oxygens (including phenoxy) is 1. The quantitative estimate of drug-likeness (QED) is 0.592. The van der Waals surface area contributed by atoms with Crippen molar-refractivity contribution in [3.8, 4) is 0 Å². The van der Waals surface area contributed by atoms with Crippen molar-refractivity contribution in [1.82, 2.24) is 15.0 Å². The zero-order valence-corrected chi connectivity index (χ0v) is 15.2. The molecule has 9 heteroatoms. The number of hydroxylamine groups is 2. The van der Waals surface area contributed by atoms with Crippen LogP contribution in [0.5, 0.6) is 0 Å². The van der Waals surface area contributed by atoms with Crippen LogP contribution in [0, 0.1) is 11.1 Å². The number of rotatable bonds is 4. The number of nitrogens with zero attached hydrogens (tertiary/aromatic N) is 3. The van der Waals surface area contributed by atoms with Gasteiger partial charge in [-0.3, -0.25) is 0 Å². The lowest BCUT2D eigenvalue weighted by Crippen LogP contribution is -2.65. The number of carboxylic acid groups (broad SMARTS) is 1. The highest BCUT2D eigenvalue weighted by atomic mass is 79.9. The van der Waals surface area contributed by atoms with Crippen LogP contribution >= 0.6 is 15.9 Å². The Hall–Kier alpha value is -1.000. The molecule has 0 radical (unpaired) electrons. The largest absolute Gasteiger partial charge is 0.601 e. The van der Waals surface area contributed by atoms with Gasteiger partial charge in [-0.1, -0.05) is 0 Å². The molecule has 2 fully saturated rings. The summed E-state index contributed by atoms with van der Waals surface area (Å²) in [5, 5.41) is 24.9. The molecule has 134 valence electrons. The van der Waals surface area contributed by atoms with Gasteiger partial charge in [-0.15, -0.1) is 5.01 Å². The Morgan fingerprint density at radius 1 is 1.54 bits per heavy atom. The minimum absolute atomic E-state index is 0.0388. The second-order valence-electron chi connectivity index (χ2n) is 6.53. The van der Waals surface area contributed by atoms with Crippen molar-refractivity contribution in [2.45, 2.75) is 44.7 Å². The van der Waals surface area contributed by atoms with Crippen LogP contribution in [0.1, 0.15) is 44.5 Å². The standard InChI is InChI=1S/C15H23BrN4O4/c1-10(11-4-7-24-8-5-11)20(23,15(21)22)19-6-2-3-12(19)14-17-9-13(16)18-14/h9-12H,2-8H2,1H3,(H,17,18)(H,21,22). The first kappa shape index (κ1) is 17.8. The maximum atomic E-state index is 13.6. The molecule has 1 aromatic heterocycles. The molecule has 3 unspecified atom stereocenters. The molecule has 2 N–H and O–H groups in total. The van der Waals surface area contributed by atoms with E-state index in [1.807, 2.05) is 0 Å². The number of aromatic amines is 1. The summed E-state index contributed by atoms with van der Waals surface area (Å²) >= 11 is 3.32. The van der Waals surface area contributed by atoms with Gasteiger partial charge in [0, 0.05) is 25.7 Å². The lowest BCUT2D eigenvalue weighted by Gasteiger charge is -2.50. The lowest BCUT2D eigenvalue weighted by molar-refractivity contribution is -0.956. The number of hydrogen-bond donors (Lipinski definition) is 2. The van der Waals surface area contributed by atoms with E-state index in [1.54, 1.807) is 13.1 Å². The van der Waals surface area contributed by atoms with Crippen molar-refractivity contribution < 1.29 is 19.4 Å². The Bertz CT molecular complexity index is 592. The van der Waals surface area contributed by atoms with E-state index in [2.05, 4.69) is 25.9 Å². The van der Waals surface area contributed by atoms with Crippen molar-refractivity contribution in [3.63, 3.8) is 0 Å². The van der Waals surface area contributed by atoms with Crippen molar-refractivity contribution in [1.29, 1.82) is 0 Å². The first-order chi connectivity index (χ1) is 11.4. The Morgan fingerprint density at radius 3 is 2.83 bits per heavy atom. The average Bonchev–Trinajstić information content (AvgIpc) is 3.22. The number of H-pyrrole nitrogens is 1. The fourth-order valence-corrected chi connectivity index (χ4v) is 4.17. The molecular weight excluding hydrogens is 380 g/mol. The van der Waals surface area contributed by atoms with Crippen LogP contribution < -0.4 is 0 Å². The summed E-state index contributed by atoms with van der Waals surface area (Å²) in [6, 6.07) is -0.877. The van der Waals surface area contributed by atoms with E-state index in [1.165, 1.54) is 5.01 Å². The third-order valence-electron chi connectivity index (χ3n) is 5.26. The lowest BCUT2D eigenvalue weighted by atomic mass is 9.92. The van der Waals surface area contributed by atoms with Gasteiger partial charge in [0.15, 0.2) is 0 Å². The summed E-state index contributed by atoms with van der Waals surface area (Å²) < 4.78 is 4.74. The highest BCUT2D eigenvalue weighted by Gasteiger charge is 2.50. The molecule has 2 aliphatic heterocycles. The maximum absolute atomic E-state index is 13.6. The van der Waals surface area contributed by atoms with E-state index in [-0.39, 0.29) is 12.0 Å². The second-order valence-corrected chi connectivity index (χ2v) is 7.39. The highest BCUT2D eigenvalue weighted by molar-refractivity contribution is 9.10. The number of carbonyl (C=O) groups is 1. The molecule has 0 bridgehead atoms. The highest BCUT2D eigenvalue weighted by Crippen LogP contribution is 2.39. The fourth-order valence-electron chi connectivity index (χ4n) is 3.87. The zero-order valence-electron chi connectivity index (χ0n) is 13.7. The minimum Gasteiger partial charge on any atom is -0.601 e. The molecule has 0 aromatic carbocycles. The zero-order chi connectivity index (χ0) is 17.3. The van der Waals surface area contributed by atoms with Gasteiger partial charge in [0.25, 0.3) is 0 Å². The van der Waals surface area contributed by atoms with Gasteiger partial charge in [-0.05, 0) is 48.5 Å². The number of amides is 1. The van der Waals surface area contributed by atoms with Gasteiger partial charge in [-0.25, -0.2) is 4.98 Å². The number of aromatic nitrogens is 2. The van der Waals surface area contributed by atoms with Crippen LogP contribution in [0.2, 0.25) is 0 Å². The summed E-state index contributed by atoms with van der Waals surface area (Å²) in [5.74, 6) is 0.676. The van der Waals surface area contributed by atoms with Crippen LogP contribution in [0.15, 0.2) is 10.8 Å². The number of nitrogens with one attached hydrogen (secondary N) is 1. The molecule has 3 heterocycles. The molecule has 0 saturated carbocycles. The number of halogens is 1. The average molecular weight is 403 g/mol. The van der Waals surface area contributed by atoms with Gasteiger partial charge in [0.1, 0.15) is 22.5 Å². The number of quaternary nitrogens is 1. The number of hydrogen-bond acceptors (Lipinski definition) is 5. The maximum Gasteiger partial charge on any atom is 0.534 e. The van der Waals surface area contributed by atoms with Gasteiger partial charge in [0.2, 0.25) is 0 Å². The smallest absolute Gasteiger partial charge is 0.534 e. The van der Waals surface area contributed by atoms with Crippen LogP contribution in [-0.2, 0) is 4.74 Å². The molecule has 1 amide bonds. The van der Waals surface area contributed by atoms with E-state index in [9.17, 15) is 15.1 Å². The topological polar surface area (TPSA) is 102 Å². The summed E-state index contributed by atoms with van der Waals surface area (Å²) in [5.41, 5.74) is 0. The first-order valence-corrected chi connectivity index (χ1v) is 9.12. The fraction of sp³-hybridized carbons (Fsp3) is 0.733. The van der Waals surface area contributed by atoms with Gasteiger partial charge in [-0.2, -0.15) is 9.55 Å². The van der Waals surface area contributed by atoms with Gasteiger partial charge in [0.05, 0.1) is 6.20 Å². The van der Waals surface area contributed by atoms with Gasteiger partial charge >= 0.3 is 6.09 Å². The SMILES string of the molecule is CC(C1CCOCC1)[N+]([O-])(C(=O)O)N1CCCC1c1ncc(Br)[nH]1. The molecule has 3 atom stereocenters.